The van der Waals surface area contributed by atoms with Gasteiger partial charge in [-0.3, -0.25) is 5.32 Å². The van der Waals surface area contributed by atoms with E-state index in [1.54, 1.807) is 45.0 Å². The van der Waals surface area contributed by atoms with Crippen LogP contribution in [0.2, 0.25) is 0 Å². The van der Waals surface area contributed by atoms with Gasteiger partial charge in [0.25, 0.3) is 0 Å². The second-order valence-corrected chi connectivity index (χ2v) is 4.76. The van der Waals surface area contributed by atoms with E-state index < -0.39 is 17.7 Å². The summed E-state index contributed by atoms with van der Waals surface area (Å²) in [6.07, 6.45) is -0.573. The number of hydrogen-bond donors (Lipinski definition) is 2. The third kappa shape index (κ3) is 6.13. The van der Waals surface area contributed by atoms with Crippen LogP contribution in [0.4, 0.5) is 10.5 Å². The summed E-state index contributed by atoms with van der Waals surface area (Å²) >= 11 is 0. The van der Waals surface area contributed by atoms with Crippen LogP contribution in [-0.2, 0) is 9.53 Å². The quantitative estimate of drug-likeness (QED) is 0.761. The Morgan fingerprint density at radius 2 is 2.00 bits per heavy atom. The van der Waals surface area contributed by atoms with E-state index in [-0.39, 0.29) is 0 Å². The summed E-state index contributed by atoms with van der Waals surface area (Å²) in [6.45, 7) is 5.30. The molecule has 100 valence electrons. The summed E-state index contributed by atoms with van der Waals surface area (Å²) in [6, 6.07) is 6.55. The number of carboxylic acid groups (broad SMARTS) is 1. The number of benzene rings is 1. The van der Waals surface area contributed by atoms with Gasteiger partial charge >= 0.3 is 12.1 Å². The molecule has 0 aliphatic heterocycles. The lowest BCUT2D eigenvalue weighted by Crippen LogP contribution is -2.27. The van der Waals surface area contributed by atoms with Crippen LogP contribution in [0.25, 0.3) is 0 Å². The second kappa shape index (κ2) is 5.91. The van der Waals surface area contributed by atoms with E-state index in [2.05, 4.69) is 11.2 Å². The van der Waals surface area contributed by atoms with Gasteiger partial charge in [0.2, 0.25) is 0 Å². The fourth-order valence-electron chi connectivity index (χ4n) is 1.22. The predicted molar refractivity (Wildman–Crippen MR) is 70.8 cm³/mol. The maximum Gasteiger partial charge on any atom is 0.412 e. The molecule has 2 N–H and O–H groups in total. The van der Waals surface area contributed by atoms with Gasteiger partial charge in [0, 0.05) is 17.2 Å². The minimum Gasteiger partial charge on any atom is -0.472 e. The first-order valence-electron chi connectivity index (χ1n) is 5.61. The number of amides is 1. The lowest BCUT2D eigenvalue weighted by Gasteiger charge is -2.19. The molecule has 1 amide bonds. The van der Waals surface area contributed by atoms with Crippen molar-refractivity contribution in [3.8, 4) is 11.8 Å². The molecule has 1 aromatic rings. The SMILES string of the molecule is CC(C)(C)OC(=O)Nc1cccc(C#CC(=O)O)c1. The predicted octanol–water partition coefficient (Wildman–Crippen LogP) is 2.47. The van der Waals surface area contributed by atoms with Gasteiger partial charge in [0.05, 0.1) is 0 Å². The Labute approximate surface area is 111 Å². The molecule has 1 aromatic carbocycles. The summed E-state index contributed by atoms with van der Waals surface area (Å²) in [5.74, 6) is 3.26. The molecular formula is C14H15NO4. The number of carbonyl (C=O) groups excluding carboxylic acids is 1. The zero-order chi connectivity index (χ0) is 14.5. The molecule has 0 spiro atoms. The number of carboxylic acids is 1. The van der Waals surface area contributed by atoms with Crippen LogP contribution in [-0.4, -0.2) is 22.8 Å². The van der Waals surface area contributed by atoms with E-state index in [1.807, 2.05) is 5.92 Å². The van der Waals surface area contributed by atoms with Crippen LogP contribution >= 0.6 is 0 Å². The van der Waals surface area contributed by atoms with Crippen LogP contribution in [0, 0.1) is 11.8 Å². The van der Waals surface area contributed by atoms with Crippen molar-refractivity contribution in [2.24, 2.45) is 0 Å². The van der Waals surface area contributed by atoms with Gasteiger partial charge in [-0.2, -0.15) is 0 Å². The van der Waals surface area contributed by atoms with Gasteiger partial charge in [-0.25, -0.2) is 9.59 Å². The van der Waals surface area contributed by atoms with Gasteiger partial charge in [-0.05, 0) is 39.0 Å². The molecule has 0 heterocycles. The highest BCUT2D eigenvalue weighted by atomic mass is 16.6. The van der Waals surface area contributed by atoms with Crippen LogP contribution < -0.4 is 5.32 Å². The molecule has 0 bridgehead atoms. The maximum absolute atomic E-state index is 11.5. The summed E-state index contributed by atoms with van der Waals surface area (Å²) < 4.78 is 5.10. The number of ether oxygens (including phenoxy) is 1. The number of hydrogen-bond acceptors (Lipinski definition) is 3. The third-order valence-corrected chi connectivity index (χ3v) is 1.82. The minimum absolute atomic E-state index is 0.492. The van der Waals surface area contributed by atoms with Gasteiger partial charge in [-0.1, -0.05) is 12.0 Å². The van der Waals surface area contributed by atoms with E-state index in [0.717, 1.165) is 0 Å². The molecule has 19 heavy (non-hydrogen) atoms. The van der Waals surface area contributed by atoms with E-state index in [4.69, 9.17) is 9.84 Å². The average molecular weight is 261 g/mol. The van der Waals surface area contributed by atoms with E-state index >= 15 is 0 Å². The zero-order valence-corrected chi connectivity index (χ0v) is 11.0. The first kappa shape index (κ1) is 14.6. The van der Waals surface area contributed by atoms with Crippen molar-refractivity contribution >= 4 is 17.7 Å². The standard InChI is InChI=1S/C14H15NO4/c1-14(2,3)19-13(18)15-11-6-4-5-10(9-11)7-8-12(16)17/h4-6,9H,1-3H3,(H,15,18)(H,16,17). The fraction of sp³-hybridized carbons (Fsp3) is 0.286. The molecule has 0 saturated heterocycles. The first-order valence-corrected chi connectivity index (χ1v) is 5.61. The Balaban J connectivity index is 2.76. The number of nitrogens with one attached hydrogen (secondary N) is 1. The van der Waals surface area contributed by atoms with E-state index in [9.17, 15) is 9.59 Å². The van der Waals surface area contributed by atoms with Crippen molar-refractivity contribution < 1.29 is 19.4 Å². The van der Waals surface area contributed by atoms with Crippen molar-refractivity contribution in [2.45, 2.75) is 26.4 Å². The topological polar surface area (TPSA) is 75.6 Å². The smallest absolute Gasteiger partial charge is 0.412 e. The molecule has 1 rings (SSSR count). The fourth-order valence-corrected chi connectivity index (χ4v) is 1.22. The Morgan fingerprint density at radius 3 is 2.58 bits per heavy atom. The van der Waals surface area contributed by atoms with E-state index in [0.29, 0.717) is 11.3 Å². The summed E-state index contributed by atoms with van der Waals surface area (Å²) in [4.78, 5) is 21.9. The molecule has 0 aliphatic carbocycles. The van der Waals surface area contributed by atoms with Crippen molar-refractivity contribution in [1.29, 1.82) is 0 Å². The molecule has 0 aliphatic rings. The number of carbonyl (C=O) groups is 2. The summed E-state index contributed by atoms with van der Waals surface area (Å²) in [7, 11) is 0. The molecule has 0 fully saturated rings. The molecule has 0 aromatic heterocycles. The number of aliphatic carboxylic acids is 1. The average Bonchev–Trinajstić information content (AvgIpc) is 2.24. The maximum atomic E-state index is 11.5. The van der Waals surface area contributed by atoms with Crippen molar-refractivity contribution in [3.63, 3.8) is 0 Å². The Bertz CT molecular complexity index is 547. The molecule has 0 saturated carbocycles. The second-order valence-electron chi connectivity index (χ2n) is 4.76. The van der Waals surface area contributed by atoms with Gasteiger partial charge < -0.3 is 9.84 Å². The molecular weight excluding hydrogens is 246 g/mol. The molecule has 0 atom stereocenters. The van der Waals surface area contributed by atoms with Crippen LogP contribution in [0.3, 0.4) is 0 Å². The van der Waals surface area contributed by atoms with Crippen LogP contribution in [0.5, 0.6) is 0 Å². The third-order valence-electron chi connectivity index (χ3n) is 1.82. The van der Waals surface area contributed by atoms with Gasteiger partial charge in [0.15, 0.2) is 0 Å². The minimum atomic E-state index is -1.20. The molecule has 0 radical (unpaired) electrons. The number of rotatable bonds is 1. The molecule has 5 heteroatoms. The van der Waals surface area contributed by atoms with Gasteiger partial charge in [0.1, 0.15) is 5.60 Å². The normalized spacial score (nSPS) is 10.1. The number of anilines is 1. The molecule has 0 unspecified atom stereocenters. The van der Waals surface area contributed by atoms with Gasteiger partial charge in [-0.15, -0.1) is 0 Å². The highest BCUT2D eigenvalue weighted by molar-refractivity contribution is 5.88. The highest BCUT2D eigenvalue weighted by Crippen LogP contribution is 2.13. The Hall–Kier alpha value is -2.48. The lowest BCUT2D eigenvalue weighted by atomic mass is 10.2. The van der Waals surface area contributed by atoms with Crippen molar-refractivity contribution in [2.75, 3.05) is 5.32 Å². The Morgan fingerprint density at radius 1 is 1.32 bits per heavy atom. The lowest BCUT2D eigenvalue weighted by molar-refractivity contribution is -0.130. The van der Waals surface area contributed by atoms with Crippen LogP contribution in [0.15, 0.2) is 24.3 Å². The summed E-state index contributed by atoms with van der Waals surface area (Å²) in [5, 5.41) is 11.0. The van der Waals surface area contributed by atoms with E-state index in [1.165, 1.54) is 0 Å². The zero-order valence-electron chi connectivity index (χ0n) is 11.0. The van der Waals surface area contributed by atoms with Crippen LogP contribution in [0.1, 0.15) is 26.3 Å². The first-order chi connectivity index (χ1) is 8.76. The monoisotopic (exact) mass is 261 g/mol. The van der Waals surface area contributed by atoms with Crippen molar-refractivity contribution in [3.05, 3.63) is 29.8 Å². The summed E-state index contributed by atoms with van der Waals surface area (Å²) in [5.41, 5.74) is 0.410. The largest absolute Gasteiger partial charge is 0.472 e. The van der Waals surface area contributed by atoms with Crippen molar-refractivity contribution in [1.82, 2.24) is 0 Å². The molecule has 5 nitrogen and oxygen atoms in total. The highest BCUT2D eigenvalue weighted by Gasteiger charge is 2.16. The Kier molecular flexibility index (Phi) is 4.54.